The van der Waals surface area contributed by atoms with Crippen molar-refractivity contribution in [2.75, 3.05) is 23.0 Å². The Morgan fingerprint density at radius 1 is 1.15 bits per heavy atom. The van der Waals surface area contributed by atoms with Crippen molar-refractivity contribution in [1.82, 2.24) is 0 Å². The average molecular weight is 370 g/mol. The minimum absolute atomic E-state index is 0.0532. The molecule has 1 amide bonds. The second kappa shape index (κ2) is 7.58. The minimum Gasteiger partial charge on any atom is -0.482 e. The van der Waals surface area contributed by atoms with Crippen LogP contribution in [-0.2, 0) is 14.6 Å². The number of sulfone groups is 1. The van der Waals surface area contributed by atoms with Gasteiger partial charge in [0.05, 0.1) is 23.1 Å². The van der Waals surface area contributed by atoms with Gasteiger partial charge in [0.2, 0.25) is 0 Å². The molecule has 6 nitrogen and oxygen atoms in total. The lowest BCUT2D eigenvalue weighted by Crippen LogP contribution is -2.43. The summed E-state index contributed by atoms with van der Waals surface area (Å²) >= 11 is 0. The van der Waals surface area contributed by atoms with Crippen molar-refractivity contribution in [3.05, 3.63) is 60.2 Å². The SMILES string of the molecule is N#Cc1ccccc1OCC(=O)N(c1ccccc1)[C@@H]1CCS(=O)(=O)C1. The summed E-state index contributed by atoms with van der Waals surface area (Å²) in [7, 11) is -3.14. The standard InChI is InChI=1S/C19H18N2O4S/c20-12-15-6-4-5-9-18(15)25-13-19(22)21(16-7-2-1-3-8-16)17-10-11-26(23,24)14-17/h1-9,17H,10-11,13-14H2/t17-/m1/s1. The molecule has 0 spiro atoms. The molecule has 1 aliphatic heterocycles. The van der Waals surface area contributed by atoms with Crippen molar-refractivity contribution in [3.8, 4) is 11.8 Å². The third-order valence-electron chi connectivity index (χ3n) is 4.24. The maximum absolute atomic E-state index is 12.8. The van der Waals surface area contributed by atoms with Gasteiger partial charge in [-0.05, 0) is 30.7 Å². The highest BCUT2D eigenvalue weighted by Crippen LogP contribution is 2.25. The molecule has 3 rings (SSSR count). The molecule has 2 aromatic carbocycles. The monoisotopic (exact) mass is 370 g/mol. The van der Waals surface area contributed by atoms with Gasteiger partial charge in [-0.2, -0.15) is 5.26 Å². The summed E-state index contributed by atoms with van der Waals surface area (Å²) in [5, 5.41) is 9.11. The number of hydrogen-bond acceptors (Lipinski definition) is 5. The van der Waals surface area contributed by atoms with Crippen molar-refractivity contribution in [3.63, 3.8) is 0 Å². The second-order valence-electron chi connectivity index (χ2n) is 6.05. The Balaban J connectivity index is 1.81. The minimum atomic E-state index is -3.14. The van der Waals surface area contributed by atoms with Crippen LogP contribution in [0.5, 0.6) is 5.75 Å². The number of nitrogens with zero attached hydrogens (tertiary/aromatic N) is 2. The Kier molecular flexibility index (Phi) is 5.24. The maximum Gasteiger partial charge on any atom is 0.265 e. The summed E-state index contributed by atoms with van der Waals surface area (Å²) in [6.07, 6.45) is 0.401. The van der Waals surface area contributed by atoms with E-state index in [2.05, 4.69) is 0 Å². The fourth-order valence-electron chi connectivity index (χ4n) is 3.02. The van der Waals surface area contributed by atoms with Gasteiger partial charge < -0.3 is 9.64 Å². The molecular formula is C19H18N2O4S. The first-order valence-electron chi connectivity index (χ1n) is 8.19. The van der Waals surface area contributed by atoms with Gasteiger partial charge in [-0.15, -0.1) is 0 Å². The lowest BCUT2D eigenvalue weighted by Gasteiger charge is -2.28. The van der Waals surface area contributed by atoms with Crippen molar-refractivity contribution in [2.24, 2.45) is 0 Å². The maximum atomic E-state index is 12.8. The van der Waals surface area contributed by atoms with E-state index in [-0.39, 0.29) is 24.0 Å². The van der Waals surface area contributed by atoms with Crippen LogP contribution in [0.2, 0.25) is 0 Å². The van der Waals surface area contributed by atoms with Gasteiger partial charge in [0.25, 0.3) is 5.91 Å². The second-order valence-corrected chi connectivity index (χ2v) is 8.28. The summed E-state index contributed by atoms with van der Waals surface area (Å²) < 4.78 is 29.3. The zero-order valence-electron chi connectivity index (χ0n) is 14.0. The lowest BCUT2D eigenvalue weighted by atomic mass is 10.2. The van der Waals surface area contributed by atoms with Crippen molar-refractivity contribution < 1.29 is 17.9 Å². The van der Waals surface area contributed by atoms with Crippen LogP contribution in [0, 0.1) is 11.3 Å². The van der Waals surface area contributed by atoms with E-state index >= 15 is 0 Å². The van der Waals surface area contributed by atoms with E-state index in [1.54, 1.807) is 48.5 Å². The quantitative estimate of drug-likeness (QED) is 0.805. The van der Waals surface area contributed by atoms with E-state index in [9.17, 15) is 13.2 Å². The van der Waals surface area contributed by atoms with Gasteiger partial charge in [-0.3, -0.25) is 4.79 Å². The molecule has 0 aromatic heterocycles. The number of benzene rings is 2. The normalized spacial score (nSPS) is 18.0. The van der Waals surface area contributed by atoms with E-state index in [1.807, 2.05) is 12.1 Å². The molecule has 2 aromatic rings. The van der Waals surface area contributed by atoms with E-state index < -0.39 is 15.9 Å². The van der Waals surface area contributed by atoms with E-state index in [1.165, 1.54) is 4.90 Å². The number of rotatable bonds is 5. The molecule has 1 atom stereocenters. The summed E-state index contributed by atoms with van der Waals surface area (Å²) in [6, 6.07) is 17.2. The summed E-state index contributed by atoms with van der Waals surface area (Å²) in [4.78, 5) is 14.3. The molecule has 0 saturated carbocycles. The summed E-state index contributed by atoms with van der Waals surface area (Å²) in [5.41, 5.74) is 0.978. The number of amides is 1. The lowest BCUT2D eigenvalue weighted by molar-refractivity contribution is -0.121. The fourth-order valence-corrected chi connectivity index (χ4v) is 4.72. The van der Waals surface area contributed by atoms with Crippen molar-refractivity contribution in [1.29, 1.82) is 5.26 Å². The number of anilines is 1. The Morgan fingerprint density at radius 2 is 1.85 bits per heavy atom. The number of carbonyl (C=O) groups excluding carboxylic acids is 1. The highest BCUT2D eigenvalue weighted by molar-refractivity contribution is 7.91. The third kappa shape index (κ3) is 4.03. The van der Waals surface area contributed by atoms with Crippen LogP contribution in [0.15, 0.2) is 54.6 Å². The molecule has 1 heterocycles. The third-order valence-corrected chi connectivity index (χ3v) is 5.99. The van der Waals surface area contributed by atoms with Crippen LogP contribution in [0.1, 0.15) is 12.0 Å². The van der Waals surface area contributed by atoms with E-state index in [0.29, 0.717) is 23.4 Å². The van der Waals surface area contributed by atoms with Gasteiger partial charge in [0.15, 0.2) is 16.4 Å². The number of carbonyl (C=O) groups is 1. The predicted octanol–water partition coefficient (Wildman–Crippen LogP) is 2.16. The molecule has 26 heavy (non-hydrogen) atoms. The highest BCUT2D eigenvalue weighted by atomic mass is 32.2. The van der Waals surface area contributed by atoms with Crippen LogP contribution >= 0.6 is 0 Å². The number of para-hydroxylation sites is 2. The van der Waals surface area contributed by atoms with Crippen molar-refractivity contribution >= 4 is 21.4 Å². The Morgan fingerprint density at radius 3 is 2.50 bits per heavy atom. The van der Waals surface area contributed by atoms with Gasteiger partial charge in [0, 0.05) is 5.69 Å². The molecule has 1 fully saturated rings. The summed E-state index contributed by atoms with van der Waals surface area (Å²) in [6.45, 7) is -0.274. The smallest absolute Gasteiger partial charge is 0.265 e. The van der Waals surface area contributed by atoms with Crippen molar-refractivity contribution in [2.45, 2.75) is 12.5 Å². The molecule has 0 radical (unpaired) electrons. The van der Waals surface area contributed by atoms with Gasteiger partial charge in [-0.1, -0.05) is 30.3 Å². The van der Waals surface area contributed by atoms with Gasteiger partial charge >= 0.3 is 0 Å². The fraction of sp³-hybridized carbons (Fsp3) is 0.263. The first-order chi connectivity index (χ1) is 12.5. The topological polar surface area (TPSA) is 87.5 Å². The average Bonchev–Trinajstić information content (AvgIpc) is 3.00. The first-order valence-corrected chi connectivity index (χ1v) is 10.0. The molecule has 7 heteroatoms. The molecule has 134 valence electrons. The van der Waals surface area contributed by atoms with Gasteiger partial charge in [0.1, 0.15) is 11.8 Å². The van der Waals surface area contributed by atoms with Crippen LogP contribution < -0.4 is 9.64 Å². The van der Waals surface area contributed by atoms with E-state index in [4.69, 9.17) is 10.00 Å². The van der Waals surface area contributed by atoms with Crippen LogP contribution in [0.4, 0.5) is 5.69 Å². The molecule has 0 aliphatic carbocycles. The molecule has 0 unspecified atom stereocenters. The van der Waals surface area contributed by atoms with Crippen LogP contribution in [0.3, 0.4) is 0 Å². The Hall–Kier alpha value is -2.85. The zero-order chi connectivity index (χ0) is 18.6. The predicted molar refractivity (Wildman–Crippen MR) is 97.6 cm³/mol. The van der Waals surface area contributed by atoms with E-state index in [0.717, 1.165) is 0 Å². The molecule has 1 saturated heterocycles. The Labute approximate surface area is 152 Å². The van der Waals surface area contributed by atoms with Crippen LogP contribution in [0.25, 0.3) is 0 Å². The summed E-state index contributed by atoms with van der Waals surface area (Å²) in [5.74, 6) is 0.0101. The number of ether oxygens (including phenoxy) is 1. The number of hydrogen-bond donors (Lipinski definition) is 0. The molecule has 0 N–H and O–H groups in total. The Bertz CT molecular complexity index is 936. The highest BCUT2D eigenvalue weighted by Gasteiger charge is 2.35. The molecule has 0 bridgehead atoms. The molecular weight excluding hydrogens is 352 g/mol. The molecule has 1 aliphatic rings. The van der Waals surface area contributed by atoms with Gasteiger partial charge in [-0.25, -0.2) is 8.42 Å². The van der Waals surface area contributed by atoms with Crippen LogP contribution in [-0.4, -0.2) is 38.5 Å². The number of nitriles is 1. The zero-order valence-corrected chi connectivity index (χ0v) is 14.9. The largest absolute Gasteiger partial charge is 0.482 e. The first kappa shape index (κ1) is 18.0.